The normalized spacial score (nSPS) is 10.6. The van der Waals surface area contributed by atoms with Crippen LogP contribution in [0.1, 0.15) is 27.3 Å². The fourth-order valence-corrected chi connectivity index (χ4v) is 2.15. The number of aromatic nitrogens is 2. The first kappa shape index (κ1) is 13.9. The molecule has 106 valence electrons. The third-order valence-electron chi connectivity index (χ3n) is 3.32. The van der Waals surface area contributed by atoms with Crippen LogP contribution in [-0.4, -0.2) is 15.7 Å². The van der Waals surface area contributed by atoms with Gasteiger partial charge in [0.05, 0.1) is 5.69 Å². The number of nitrogens with one attached hydrogen (secondary N) is 1. The van der Waals surface area contributed by atoms with Crippen molar-refractivity contribution in [2.45, 2.75) is 20.4 Å². The number of benzene rings is 1. The van der Waals surface area contributed by atoms with Crippen LogP contribution in [0, 0.1) is 13.8 Å². The molecule has 2 rings (SSSR count). The number of rotatable bonds is 3. The number of nitrogen functional groups attached to an aromatic ring is 2. The van der Waals surface area contributed by atoms with Crippen molar-refractivity contribution < 1.29 is 4.79 Å². The fourth-order valence-electron chi connectivity index (χ4n) is 2.15. The molecule has 1 amide bonds. The van der Waals surface area contributed by atoms with Crippen LogP contribution in [-0.2, 0) is 13.6 Å². The Morgan fingerprint density at radius 1 is 1.25 bits per heavy atom. The van der Waals surface area contributed by atoms with Crippen molar-refractivity contribution in [3.05, 3.63) is 40.7 Å². The van der Waals surface area contributed by atoms with Crippen molar-refractivity contribution in [1.29, 1.82) is 0 Å². The molecule has 6 heteroatoms. The number of amides is 1. The van der Waals surface area contributed by atoms with Gasteiger partial charge < -0.3 is 16.8 Å². The number of hydrogen-bond acceptors (Lipinski definition) is 4. The van der Waals surface area contributed by atoms with E-state index in [1.165, 1.54) is 0 Å². The molecular formula is C14H19N5O. The summed E-state index contributed by atoms with van der Waals surface area (Å²) in [6, 6.07) is 4.83. The van der Waals surface area contributed by atoms with Gasteiger partial charge in [-0.3, -0.25) is 9.48 Å². The monoisotopic (exact) mass is 273 g/mol. The summed E-state index contributed by atoms with van der Waals surface area (Å²) in [6.07, 6.45) is 0. The Bertz CT molecular complexity index is 640. The van der Waals surface area contributed by atoms with Gasteiger partial charge in [-0.1, -0.05) is 0 Å². The molecule has 0 radical (unpaired) electrons. The third-order valence-corrected chi connectivity index (χ3v) is 3.32. The van der Waals surface area contributed by atoms with E-state index >= 15 is 0 Å². The minimum Gasteiger partial charge on any atom is -0.399 e. The predicted molar refractivity (Wildman–Crippen MR) is 79.1 cm³/mol. The van der Waals surface area contributed by atoms with E-state index in [0.717, 1.165) is 17.0 Å². The van der Waals surface area contributed by atoms with Gasteiger partial charge in [-0.05, 0) is 32.0 Å². The van der Waals surface area contributed by atoms with Crippen molar-refractivity contribution in [3.8, 4) is 0 Å². The number of aryl methyl sites for hydroxylation is 2. The molecule has 2 aromatic rings. The smallest absolute Gasteiger partial charge is 0.251 e. The van der Waals surface area contributed by atoms with Gasteiger partial charge >= 0.3 is 0 Å². The van der Waals surface area contributed by atoms with Gasteiger partial charge in [0, 0.05) is 41.8 Å². The average Bonchev–Trinajstić information content (AvgIpc) is 2.60. The van der Waals surface area contributed by atoms with Gasteiger partial charge in [0.15, 0.2) is 0 Å². The van der Waals surface area contributed by atoms with Crippen LogP contribution in [0.15, 0.2) is 18.2 Å². The molecule has 5 N–H and O–H groups in total. The summed E-state index contributed by atoms with van der Waals surface area (Å²) in [5, 5.41) is 7.18. The Morgan fingerprint density at radius 2 is 1.85 bits per heavy atom. The SMILES string of the molecule is Cc1nn(C)c(C)c1CNC(=O)c1cc(N)cc(N)c1. The van der Waals surface area contributed by atoms with Crippen molar-refractivity contribution in [2.24, 2.45) is 7.05 Å². The van der Waals surface area contributed by atoms with E-state index in [4.69, 9.17) is 11.5 Å². The first-order valence-electron chi connectivity index (χ1n) is 6.32. The van der Waals surface area contributed by atoms with Crippen LogP contribution in [0.5, 0.6) is 0 Å². The maximum Gasteiger partial charge on any atom is 0.251 e. The summed E-state index contributed by atoms with van der Waals surface area (Å²) in [5.41, 5.74) is 15.8. The van der Waals surface area contributed by atoms with Crippen LogP contribution in [0.3, 0.4) is 0 Å². The molecule has 6 nitrogen and oxygen atoms in total. The fraction of sp³-hybridized carbons (Fsp3) is 0.286. The van der Waals surface area contributed by atoms with Crippen molar-refractivity contribution in [3.63, 3.8) is 0 Å². The Hall–Kier alpha value is -2.50. The zero-order valence-electron chi connectivity index (χ0n) is 11.9. The van der Waals surface area contributed by atoms with E-state index in [1.807, 2.05) is 20.9 Å². The van der Waals surface area contributed by atoms with Crippen molar-refractivity contribution in [2.75, 3.05) is 11.5 Å². The topological polar surface area (TPSA) is 99.0 Å². The number of carbonyl (C=O) groups is 1. The highest BCUT2D eigenvalue weighted by Crippen LogP contribution is 2.15. The molecule has 0 aliphatic rings. The maximum atomic E-state index is 12.1. The number of hydrogen-bond donors (Lipinski definition) is 3. The highest BCUT2D eigenvalue weighted by Gasteiger charge is 2.12. The van der Waals surface area contributed by atoms with Crippen LogP contribution in [0.4, 0.5) is 11.4 Å². The molecule has 0 fully saturated rings. The lowest BCUT2D eigenvalue weighted by atomic mass is 10.1. The molecule has 1 heterocycles. The summed E-state index contributed by atoms with van der Waals surface area (Å²) in [7, 11) is 1.88. The molecular weight excluding hydrogens is 254 g/mol. The van der Waals surface area contributed by atoms with Gasteiger partial charge in [0.25, 0.3) is 5.91 Å². The highest BCUT2D eigenvalue weighted by molar-refractivity contribution is 5.96. The summed E-state index contributed by atoms with van der Waals surface area (Å²) in [4.78, 5) is 12.1. The second-order valence-corrected chi connectivity index (χ2v) is 4.84. The molecule has 0 atom stereocenters. The van der Waals surface area contributed by atoms with E-state index < -0.39 is 0 Å². The molecule has 0 unspecified atom stereocenters. The molecule has 0 bridgehead atoms. The number of carbonyl (C=O) groups excluding carboxylic acids is 1. The third kappa shape index (κ3) is 2.74. The van der Waals surface area contributed by atoms with Gasteiger partial charge in [0.1, 0.15) is 0 Å². The molecule has 1 aromatic carbocycles. The zero-order chi connectivity index (χ0) is 14.9. The molecule has 20 heavy (non-hydrogen) atoms. The van der Waals surface area contributed by atoms with Gasteiger partial charge in [0.2, 0.25) is 0 Å². The van der Waals surface area contributed by atoms with Gasteiger partial charge in [-0.2, -0.15) is 5.10 Å². The minimum atomic E-state index is -0.202. The minimum absolute atomic E-state index is 0.202. The van der Waals surface area contributed by atoms with E-state index in [1.54, 1.807) is 22.9 Å². The van der Waals surface area contributed by atoms with Crippen molar-refractivity contribution in [1.82, 2.24) is 15.1 Å². The maximum absolute atomic E-state index is 12.1. The zero-order valence-corrected chi connectivity index (χ0v) is 11.9. The quantitative estimate of drug-likeness (QED) is 0.730. The molecule has 0 aliphatic heterocycles. The van der Waals surface area contributed by atoms with Crippen LogP contribution in [0.2, 0.25) is 0 Å². The molecule has 0 aliphatic carbocycles. The lowest BCUT2D eigenvalue weighted by molar-refractivity contribution is 0.0951. The van der Waals surface area contributed by atoms with Crippen molar-refractivity contribution >= 4 is 17.3 Å². The average molecular weight is 273 g/mol. The Labute approximate surface area is 117 Å². The molecule has 0 saturated carbocycles. The second kappa shape index (κ2) is 5.24. The largest absolute Gasteiger partial charge is 0.399 e. The summed E-state index contributed by atoms with van der Waals surface area (Å²) in [5.74, 6) is -0.202. The summed E-state index contributed by atoms with van der Waals surface area (Å²) >= 11 is 0. The number of anilines is 2. The van der Waals surface area contributed by atoms with E-state index in [9.17, 15) is 4.79 Å². The summed E-state index contributed by atoms with van der Waals surface area (Å²) < 4.78 is 1.80. The first-order chi connectivity index (χ1) is 9.38. The van der Waals surface area contributed by atoms with Crippen LogP contribution in [0.25, 0.3) is 0 Å². The van der Waals surface area contributed by atoms with E-state index in [0.29, 0.717) is 23.5 Å². The first-order valence-corrected chi connectivity index (χ1v) is 6.32. The number of nitrogens with two attached hydrogens (primary N) is 2. The molecule has 0 spiro atoms. The molecule has 0 saturated heterocycles. The van der Waals surface area contributed by atoms with E-state index in [-0.39, 0.29) is 5.91 Å². The van der Waals surface area contributed by atoms with Crippen LogP contribution >= 0.6 is 0 Å². The second-order valence-electron chi connectivity index (χ2n) is 4.84. The lowest BCUT2D eigenvalue weighted by Gasteiger charge is -2.07. The van der Waals surface area contributed by atoms with E-state index in [2.05, 4.69) is 10.4 Å². The lowest BCUT2D eigenvalue weighted by Crippen LogP contribution is -2.23. The van der Waals surface area contributed by atoms with Gasteiger partial charge in [-0.25, -0.2) is 0 Å². The van der Waals surface area contributed by atoms with Crippen LogP contribution < -0.4 is 16.8 Å². The standard InChI is InChI=1S/C14H19N5O/c1-8-13(9(2)19(3)18-8)7-17-14(20)10-4-11(15)6-12(16)5-10/h4-6H,7,15-16H2,1-3H3,(H,17,20). The highest BCUT2D eigenvalue weighted by atomic mass is 16.1. The summed E-state index contributed by atoms with van der Waals surface area (Å²) in [6.45, 7) is 4.33. The number of nitrogens with zero attached hydrogens (tertiary/aromatic N) is 2. The predicted octanol–water partition coefficient (Wildman–Crippen LogP) is 1.13. The van der Waals surface area contributed by atoms with Gasteiger partial charge in [-0.15, -0.1) is 0 Å². The Kier molecular flexibility index (Phi) is 3.65. The molecule has 1 aromatic heterocycles. The Balaban J connectivity index is 2.12. The Morgan fingerprint density at radius 3 is 2.35 bits per heavy atom.